The summed E-state index contributed by atoms with van der Waals surface area (Å²) in [6.07, 6.45) is 6.96. The minimum absolute atomic E-state index is 0.586. The maximum absolute atomic E-state index is 5.56. The maximum Gasteiger partial charge on any atom is 0.161 e. The van der Waals surface area contributed by atoms with Crippen LogP contribution in [0.25, 0.3) is 0 Å². The van der Waals surface area contributed by atoms with Gasteiger partial charge in [-0.05, 0) is 50.3 Å². The van der Waals surface area contributed by atoms with Gasteiger partial charge in [0.1, 0.15) is 0 Å². The minimum Gasteiger partial charge on any atom is -0.493 e. The van der Waals surface area contributed by atoms with E-state index in [0.29, 0.717) is 12.6 Å². The molecule has 0 bridgehead atoms. The molecule has 21 heavy (non-hydrogen) atoms. The van der Waals surface area contributed by atoms with E-state index in [1.807, 2.05) is 13.0 Å². The monoisotopic (exact) mass is 291 g/mol. The summed E-state index contributed by atoms with van der Waals surface area (Å²) < 4.78 is 11.0. The SMILES string of the molecule is CCOc1ccc(CN[C@H](C)C2CCCCC2)cc1OC. The molecule has 1 fully saturated rings. The highest BCUT2D eigenvalue weighted by molar-refractivity contribution is 5.42. The summed E-state index contributed by atoms with van der Waals surface area (Å²) in [5, 5.41) is 3.68. The summed E-state index contributed by atoms with van der Waals surface area (Å²) in [5.74, 6) is 2.48. The lowest BCUT2D eigenvalue weighted by atomic mass is 9.84. The van der Waals surface area contributed by atoms with E-state index in [-0.39, 0.29) is 0 Å². The van der Waals surface area contributed by atoms with E-state index in [2.05, 4.69) is 24.4 Å². The fourth-order valence-corrected chi connectivity index (χ4v) is 3.18. The topological polar surface area (TPSA) is 30.5 Å². The standard InChI is InChI=1S/C18H29NO2/c1-4-21-17-11-10-15(12-18(17)20-3)13-19-14(2)16-8-6-5-7-9-16/h10-12,14,16,19H,4-9,13H2,1-3H3/t14-/m1/s1. The fraction of sp³-hybridized carbons (Fsp3) is 0.667. The molecule has 118 valence electrons. The molecule has 3 heteroatoms. The summed E-state index contributed by atoms with van der Waals surface area (Å²) in [5.41, 5.74) is 1.25. The van der Waals surface area contributed by atoms with Crippen LogP contribution in [0.3, 0.4) is 0 Å². The van der Waals surface area contributed by atoms with Crippen molar-refractivity contribution in [3.05, 3.63) is 23.8 Å². The van der Waals surface area contributed by atoms with Crippen molar-refractivity contribution >= 4 is 0 Å². The first-order valence-corrected chi connectivity index (χ1v) is 8.27. The van der Waals surface area contributed by atoms with E-state index < -0.39 is 0 Å². The molecule has 1 atom stereocenters. The second-order valence-corrected chi connectivity index (χ2v) is 5.99. The fourth-order valence-electron chi connectivity index (χ4n) is 3.18. The third-order valence-electron chi connectivity index (χ3n) is 4.51. The molecule has 0 amide bonds. The van der Waals surface area contributed by atoms with Crippen molar-refractivity contribution in [1.82, 2.24) is 5.32 Å². The molecule has 0 unspecified atom stereocenters. The van der Waals surface area contributed by atoms with Crippen molar-refractivity contribution in [2.24, 2.45) is 5.92 Å². The predicted octanol–water partition coefficient (Wildman–Crippen LogP) is 4.15. The van der Waals surface area contributed by atoms with Crippen molar-refractivity contribution in [3.63, 3.8) is 0 Å². The predicted molar refractivity (Wildman–Crippen MR) is 87.0 cm³/mol. The maximum atomic E-state index is 5.56. The zero-order valence-electron chi connectivity index (χ0n) is 13.7. The molecule has 1 aliphatic rings. The molecule has 0 heterocycles. The quantitative estimate of drug-likeness (QED) is 0.818. The number of benzene rings is 1. The van der Waals surface area contributed by atoms with E-state index in [1.165, 1.54) is 37.7 Å². The summed E-state index contributed by atoms with van der Waals surface area (Å²) in [7, 11) is 1.69. The van der Waals surface area contributed by atoms with E-state index in [9.17, 15) is 0 Å². The van der Waals surface area contributed by atoms with Crippen LogP contribution in [0.4, 0.5) is 0 Å². The Morgan fingerprint density at radius 1 is 1.19 bits per heavy atom. The van der Waals surface area contributed by atoms with Gasteiger partial charge in [0.25, 0.3) is 0 Å². The summed E-state index contributed by atoms with van der Waals surface area (Å²) >= 11 is 0. The Balaban J connectivity index is 1.90. The highest BCUT2D eigenvalue weighted by Gasteiger charge is 2.19. The van der Waals surface area contributed by atoms with E-state index in [4.69, 9.17) is 9.47 Å². The van der Waals surface area contributed by atoms with Gasteiger partial charge in [0.15, 0.2) is 11.5 Å². The number of rotatable bonds is 7. The first kappa shape index (κ1) is 16.2. The Morgan fingerprint density at radius 3 is 2.62 bits per heavy atom. The lowest BCUT2D eigenvalue weighted by Crippen LogP contribution is -2.34. The average Bonchev–Trinajstić information content (AvgIpc) is 2.54. The van der Waals surface area contributed by atoms with Gasteiger partial charge in [0.05, 0.1) is 13.7 Å². The number of nitrogens with one attached hydrogen (secondary N) is 1. The van der Waals surface area contributed by atoms with Crippen LogP contribution in [-0.2, 0) is 6.54 Å². The Kier molecular flexibility index (Phi) is 6.37. The van der Waals surface area contributed by atoms with Gasteiger partial charge in [-0.25, -0.2) is 0 Å². The van der Waals surface area contributed by atoms with Crippen LogP contribution >= 0.6 is 0 Å². The van der Waals surface area contributed by atoms with Crippen molar-refractivity contribution in [1.29, 1.82) is 0 Å². The zero-order valence-corrected chi connectivity index (χ0v) is 13.7. The molecule has 0 spiro atoms. The van der Waals surface area contributed by atoms with Gasteiger partial charge in [0, 0.05) is 12.6 Å². The molecule has 0 radical (unpaired) electrons. The molecule has 1 saturated carbocycles. The highest BCUT2D eigenvalue weighted by Crippen LogP contribution is 2.29. The Hall–Kier alpha value is -1.22. The van der Waals surface area contributed by atoms with Crippen LogP contribution in [0.5, 0.6) is 11.5 Å². The molecule has 1 N–H and O–H groups in total. The highest BCUT2D eigenvalue weighted by atomic mass is 16.5. The van der Waals surface area contributed by atoms with Gasteiger partial charge >= 0.3 is 0 Å². The van der Waals surface area contributed by atoms with Crippen molar-refractivity contribution < 1.29 is 9.47 Å². The van der Waals surface area contributed by atoms with E-state index in [1.54, 1.807) is 7.11 Å². The van der Waals surface area contributed by atoms with Gasteiger partial charge in [-0.2, -0.15) is 0 Å². The van der Waals surface area contributed by atoms with Crippen LogP contribution in [0, 0.1) is 5.92 Å². The Labute approximate surface area is 129 Å². The summed E-state index contributed by atoms with van der Waals surface area (Å²) in [4.78, 5) is 0. The second kappa shape index (κ2) is 8.28. The molecular formula is C18H29NO2. The molecule has 0 aliphatic heterocycles. The van der Waals surface area contributed by atoms with Crippen molar-refractivity contribution in [3.8, 4) is 11.5 Å². The van der Waals surface area contributed by atoms with E-state index in [0.717, 1.165) is 24.0 Å². The first-order chi connectivity index (χ1) is 10.2. The van der Waals surface area contributed by atoms with Crippen LogP contribution < -0.4 is 14.8 Å². The smallest absolute Gasteiger partial charge is 0.161 e. The molecule has 1 aromatic carbocycles. The summed E-state index contributed by atoms with van der Waals surface area (Å²) in [6.45, 7) is 5.86. The van der Waals surface area contributed by atoms with E-state index >= 15 is 0 Å². The number of methoxy groups -OCH3 is 1. The first-order valence-electron chi connectivity index (χ1n) is 8.27. The van der Waals surface area contributed by atoms with Crippen LogP contribution in [-0.4, -0.2) is 19.8 Å². The number of ether oxygens (including phenoxy) is 2. The average molecular weight is 291 g/mol. The third-order valence-corrected chi connectivity index (χ3v) is 4.51. The van der Waals surface area contributed by atoms with Crippen LogP contribution in [0.1, 0.15) is 51.5 Å². The lowest BCUT2D eigenvalue weighted by Gasteiger charge is -2.28. The molecule has 1 aromatic rings. The third kappa shape index (κ3) is 4.63. The Bertz CT molecular complexity index is 427. The van der Waals surface area contributed by atoms with Gasteiger partial charge in [-0.15, -0.1) is 0 Å². The molecule has 1 aliphatic carbocycles. The largest absolute Gasteiger partial charge is 0.493 e. The molecular weight excluding hydrogens is 262 g/mol. The molecule has 3 nitrogen and oxygen atoms in total. The Morgan fingerprint density at radius 2 is 1.95 bits per heavy atom. The number of hydrogen-bond donors (Lipinski definition) is 1. The van der Waals surface area contributed by atoms with Crippen LogP contribution in [0.15, 0.2) is 18.2 Å². The molecule has 0 aromatic heterocycles. The second-order valence-electron chi connectivity index (χ2n) is 5.99. The van der Waals surface area contributed by atoms with Gasteiger partial charge < -0.3 is 14.8 Å². The zero-order chi connectivity index (χ0) is 15.1. The minimum atomic E-state index is 0.586. The van der Waals surface area contributed by atoms with Gasteiger partial charge in [0.2, 0.25) is 0 Å². The van der Waals surface area contributed by atoms with Crippen molar-refractivity contribution in [2.45, 2.75) is 58.5 Å². The molecule has 0 saturated heterocycles. The van der Waals surface area contributed by atoms with Crippen molar-refractivity contribution in [2.75, 3.05) is 13.7 Å². The number of hydrogen-bond acceptors (Lipinski definition) is 3. The van der Waals surface area contributed by atoms with Crippen LogP contribution in [0.2, 0.25) is 0 Å². The lowest BCUT2D eigenvalue weighted by molar-refractivity contribution is 0.280. The molecule has 2 rings (SSSR count). The van der Waals surface area contributed by atoms with Gasteiger partial charge in [-0.3, -0.25) is 0 Å². The summed E-state index contributed by atoms with van der Waals surface area (Å²) in [6, 6.07) is 6.78. The normalized spacial score (nSPS) is 17.5. The van der Waals surface area contributed by atoms with Gasteiger partial charge in [-0.1, -0.05) is 25.3 Å².